The minimum Gasteiger partial charge on any atom is -0.204 e. The third-order valence-corrected chi connectivity index (χ3v) is 4.67. The van der Waals surface area contributed by atoms with Gasteiger partial charge in [-0.2, -0.15) is 0 Å². The lowest BCUT2D eigenvalue weighted by molar-refractivity contribution is 0.451. The van der Waals surface area contributed by atoms with Gasteiger partial charge in [0, 0.05) is 34.1 Å². The molecule has 0 saturated carbocycles. The molecular weight excluding hydrogens is 467 g/mol. The first-order chi connectivity index (χ1) is 14.8. The SMILES string of the molecule is Cc1c(F)c(F)c(B(c2c(F)c(F)cc(F)c2F)c2c(F)c(F)cc(F)c2F)c(F)c1F. The van der Waals surface area contributed by atoms with Crippen LogP contribution in [0.4, 0.5) is 52.7 Å². The van der Waals surface area contributed by atoms with Gasteiger partial charge in [0.2, 0.25) is 0 Å². The molecule has 0 spiro atoms. The van der Waals surface area contributed by atoms with Crippen LogP contribution in [-0.2, 0) is 0 Å². The van der Waals surface area contributed by atoms with Crippen molar-refractivity contribution in [1.29, 1.82) is 0 Å². The molecule has 0 fully saturated rings. The molecule has 0 atom stereocenters. The molecule has 0 aromatic heterocycles. The summed E-state index contributed by atoms with van der Waals surface area (Å²) in [6.45, 7) is -2.93. The van der Waals surface area contributed by atoms with Crippen LogP contribution in [0.2, 0.25) is 0 Å². The Hall–Kier alpha value is -3.12. The zero-order valence-corrected chi connectivity index (χ0v) is 15.3. The Morgan fingerprint density at radius 3 is 0.938 bits per heavy atom. The van der Waals surface area contributed by atoms with Crippen molar-refractivity contribution in [3.63, 3.8) is 0 Å². The predicted octanol–water partition coefficient (Wildman–Crippen LogP) is 4.18. The van der Waals surface area contributed by atoms with Crippen LogP contribution in [0.15, 0.2) is 12.1 Å². The van der Waals surface area contributed by atoms with Crippen molar-refractivity contribution < 1.29 is 52.7 Å². The normalized spacial score (nSPS) is 11.3. The molecule has 3 aromatic rings. The predicted molar refractivity (Wildman–Crippen MR) is 88.2 cm³/mol. The Morgan fingerprint density at radius 1 is 0.406 bits per heavy atom. The average molecular weight is 472 g/mol. The zero-order valence-electron chi connectivity index (χ0n) is 15.3. The van der Waals surface area contributed by atoms with E-state index in [0.29, 0.717) is 6.92 Å². The second kappa shape index (κ2) is 8.10. The fraction of sp³-hybridized carbons (Fsp3) is 0.0526. The van der Waals surface area contributed by atoms with E-state index < -0.39 is 111 Å². The van der Waals surface area contributed by atoms with Crippen LogP contribution in [0.5, 0.6) is 0 Å². The van der Waals surface area contributed by atoms with Crippen LogP contribution in [0.3, 0.4) is 0 Å². The summed E-state index contributed by atoms with van der Waals surface area (Å²) in [5, 5.41) is 0. The summed E-state index contributed by atoms with van der Waals surface area (Å²) in [4.78, 5) is 0. The lowest BCUT2D eigenvalue weighted by Crippen LogP contribution is -2.60. The summed E-state index contributed by atoms with van der Waals surface area (Å²) in [6.07, 6.45) is 0. The van der Waals surface area contributed by atoms with Crippen molar-refractivity contribution in [1.82, 2.24) is 0 Å². The van der Waals surface area contributed by atoms with Gasteiger partial charge < -0.3 is 0 Å². The van der Waals surface area contributed by atoms with Gasteiger partial charge in [0.15, 0.2) is 69.8 Å². The van der Waals surface area contributed by atoms with Crippen molar-refractivity contribution in [3.8, 4) is 0 Å². The van der Waals surface area contributed by atoms with Gasteiger partial charge in [-0.05, 0) is 6.92 Å². The summed E-state index contributed by atoms with van der Waals surface area (Å²) >= 11 is 0. The third-order valence-electron chi connectivity index (χ3n) is 4.67. The highest BCUT2D eigenvalue weighted by Gasteiger charge is 2.42. The second-order valence-electron chi connectivity index (χ2n) is 6.49. The zero-order chi connectivity index (χ0) is 24.2. The van der Waals surface area contributed by atoms with Crippen LogP contribution in [0.25, 0.3) is 0 Å². The first-order valence-electron chi connectivity index (χ1n) is 8.29. The fourth-order valence-electron chi connectivity index (χ4n) is 3.14. The molecule has 0 heterocycles. The summed E-state index contributed by atoms with van der Waals surface area (Å²) < 4.78 is 170. The Kier molecular flexibility index (Phi) is 5.96. The van der Waals surface area contributed by atoms with Crippen molar-refractivity contribution >= 4 is 23.1 Å². The minimum atomic E-state index is -3.45. The molecule has 0 bridgehead atoms. The van der Waals surface area contributed by atoms with Gasteiger partial charge in [-0.1, -0.05) is 0 Å². The maximum atomic E-state index is 14.6. The van der Waals surface area contributed by atoms with E-state index in [9.17, 15) is 52.7 Å². The number of hydrogen-bond acceptors (Lipinski definition) is 0. The van der Waals surface area contributed by atoms with Gasteiger partial charge in [0.25, 0.3) is 6.71 Å². The van der Waals surface area contributed by atoms with E-state index in [1.165, 1.54) is 0 Å². The van der Waals surface area contributed by atoms with E-state index >= 15 is 0 Å². The summed E-state index contributed by atoms with van der Waals surface area (Å²) in [7, 11) is 0. The van der Waals surface area contributed by atoms with E-state index in [0.717, 1.165) is 0 Å². The second-order valence-corrected chi connectivity index (χ2v) is 6.49. The number of rotatable bonds is 3. The third kappa shape index (κ3) is 3.39. The molecule has 3 aromatic carbocycles. The van der Waals surface area contributed by atoms with Crippen molar-refractivity contribution in [2.24, 2.45) is 0 Å². The lowest BCUT2D eigenvalue weighted by atomic mass is 9.36. The standard InChI is InChI=1S/C19H5BF12/c1-4-12(25)18(31)11(19(32)13(4)26)20(9-14(27)5(21)2-6(22)15(9)28)10-16(29)7(23)3-8(24)17(10)30/h2-3H,1H3. The van der Waals surface area contributed by atoms with E-state index in [1.54, 1.807) is 0 Å². The molecule has 0 radical (unpaired) electrons. The van der Waals surface area contributed by atoms with Crippen LogP contribution in [-0.4, -0.2) is 6.71 Å². The van der Waals surface area contributed by atoms with Crippen LogP contribution < -0.4 is 16.4 Å². The Morgan fingerprint density at radius 2 is 0.656 bits per heavy atom. The Labute approximate surface area is 171 Å². The van der Waals surface area contributed by atoms with Crippen molar-refractivity contribution in [2.75, 3.05) is 0 Å². The maximum absolute atomic E-state index is 14.6. The van der Waals surface area contributed by atoms with Crippen LogP contribution in [0.1, 0.15) is 5.56 Å². The molecule has 0 saturated heterocycles. The average Bonchev–Trinajstić information content (AvgIpc) is 2.73. The molecule has 0 unspecified atom stereocenters. The molecule has 13 heteroatoms. The molecular formula is C19H5BF12. The highest BCUT2D eigenvalue weighted by Crippen LogP contribution is 2.21. The lowest BCUT2D eigenvalue weighted by Gasteiger charge is -2.21. The highest BCUT2D eigenvalue weighted by molar-refractivity contribution is 6.95. The first-order valence-corrected chi connectivity index (χ1v) is 8.29. The maximum Gasteiger partial charge on any atom is 0.265 e. The number of hydrogen-bond donors (Lipinski definition) is 0. The van der Waals surface area contributed by atoms with E-state index in [1.807, 2.05) is 0 Å². The molecule has 0 aliphatic carbocycles. The number of halogens is 12. The molecule has 3 rings (SSSR count). The molecule has 0 aliphatic rings. The van der Waals surface area contributed by atoms with Gasteiger partial charge >= 0.3 is 0 Å². The molecule has 0 nitrogen and oxygen atoms in total. The summed E-state index contributed by atoms with van der Waals surface area (Å²) in [5.41, 5.74) is -7.92. The van der Waals surface area contributed by atoms with Crippen molar-refractivity contribution in [2.45, 2.75) is 6.92 Å². The van der Waals surface area contributed by atoms with Crippen LogP contribution in [0, 0.1) is 76.7 Å². The highest BCUT2D eigenvalue weighted by atomic mass is 19.2. The number of benzene rings is 3. The molecule has 0 aliphatic heterocycles. The van der Waals surface area contributed by atoms with Gasteiger partial charge in [-0.25, -0.2) is 52.7 Å². The van der Waals surface area contributed by atoms with E-state index in [4.69, 9.17) is 0 Å². The van der Waals surface area contributed by atoms with E-state index in [2.05, 4.69) is 0 Å². The van der Waals surface area contributed by atoms with Crippen LogP contribution >= 0.6 is 0 Å². The monoisotopic (exact) mass is 472 g/mol. The molecule has 0 amide bonds. The molecule has 168 valence electrons. The smallest absolute Gasteiger partial charge is 0.204 e. The fourth-order valence-corrected chi connectivity index (χ4v) is 3.14. The Balaban J connectivity index is 2.64. The van der Waals surface area contributed by atoms with E-state index in [-0.39, 0.29) is 0 Å². The quantitative estimate of drug-likeness (QED) is 0.305. The summed E-state index contributed by atoms with van der Waals surface area (Å²) in [6, 6.07) is -0.791. The summed E-state index contributed by atoms with van der Waals surface area (Å²) in [5.74, 6) is -28.4. The molecule has 0 N–H and O–H groups in total. The first kappa shape index (κ1) is 23.5. The van der Waals surface area contributed by atoms with Crippen molar-refractivity contribution in [3.05, 3.63) is 87.5 Å². The van der Waals surface area contributed by atoms with Gasteiger partial charge in [-0.3, -0.25) is 0 Å². The Bertz CT molecular complexity index is 1130. The topological polar surface area (TPSA) is 0 Å². The van der Waals surface area contributed by atoms with Gasteiger partial charge in [0.1, 0.15) is 0 Å². The van der Waals surface area contributed by atoms with Gasteiger partial charge in [-0.15, -0.1) is 0 Å². The largest absolute Gasteiger partial charge is 0.265 e. The van der Waals surface area contributed by atoms with Gasteiger partial charge in [0.05, 0.1) is 0 Å². The molecule has 32 heavy (non-hydrogen) atoms. The minimum absolute atomic E-state index is 0.396.